The molecule has 0 saturated heterocycles. The second-order valence-corrected chi connectivity index (χ2v) is 6.83. The summed E-state index contributed by atoms with van der Waals surface area (Å²) in [6, 6.07) is 9.41. The number of nitrogens with zero attached hydrogens (tertiary/aromatic N) is 3. The summed E-state index contributed by atoms with van der Waals surface area (Å²) in [6.45, 7) is 6.47. The number of carbonyl (C=O) groups excluding carboxylic acids is 1. The molecule has 0 radical (unpaired) electrons. The number of ether oxygens (including phenoxy) is 1. The highest BCUT2D eigenvalue weighted by Crippen LogP contribution is 2.33. The molecular weight excluding hydrogens is 322 g/mol. The Hall–Kier alpha value is -2.23. The number of methoxy groups -OCH3 is 1. The van der Waals surface area contributed by atoms with Crippen LogP contribution < -0.4 is 4.90 Å². The lowest BCUT2D eigenvalue weighted by molar-refractivity contribution is -0.122. The molecule has 0 atom stereocenters. The third-order valence-electron chi connectivity index (χ3n) is 3.49. The molecule has 24 heavy (non-hydrogen) atoms. The van der Waals surface area contributed by atoms with E-state index in [4.69, 9.17) is 10.00 Å². The maximum Gasteiger partial charge on any atom is 0.253 e. The Morgan fingerprint density at radius 3 is 2.79 bits per heavy atom. The number of thiazole rings is 1. The first-order valence-electron chi connectivity index (χ1n) is 7.72. The average Bonchev–Trinajstić information content (AvgIpc) is 2.95. The number of aryl methyl sites for hydroxylation is 1. The molecule has 1 aromatic carbocycles. The van der Waals surface area contributed by atoms with Gasteiger partial charge < -0.3 is 4.74 Å². The minimum Gasteiger partial charge on any atom is -0.375 e. The molecule has 0 N–H and O–H groups in total. The van der Waals surface area contributed by atoms with Crippen LogP contribution >= 0.6 is 11.3 Å². The fourth-order valence-corrected chi connectivity index (χ4v) is 3.39. The quantitative estimate of drug-likeness (QED) is 0.803. The summed E-state index contributed by atoms with van der Waals surface area (Å²) in [6.07, 6.45) is 0. The molecule has 1 heterocycles. The monoisotopic (exact) mass is 343 g/mol. The summed E-state index contributed by atoms with van der Waals surface area (Å²) in [5, 5.41) is 10.9. The van der Waals surface area contributed by atoms with Gasteiger partial charge in [-0.25, -0.2) is 4.98 Å². The molecule has 2 aromatic rings. The maximum absolute atomic E-state index is 12.5. The van der Waals surface area contributed by atoms with Gasteiger partial charge in [-0.1, -0.05) is 26.0 Å². The molecule has 0 spiro atoms. The number of nitriles is 1. The van der Waals surface area contributed by atoms with Crippen LogP contribution in [0.15, 0.2) is 24.3 Å². The van der Waals surface area contributed by atoms with E-state index < -0.39 is 0 Å². The van der Waals surface area contributed by atoms with E-state index in [1.165, 1.54) is 18.4 Å². The number of amides is 1. The van der Waals surface area contributed by atoms with Gasteiger partial charge in [0.05, 0.1) is 28.9 Å². The standard InChI is InChI=1S/C18H21N3O2S/c1-12(2)17-20-13(3)18(24-17)21(16(22)11-23-4)10-15-7-5-6-14(8-15)9-19/h5-8,12H,10-11H2,1-4H3. The highest BCUT2D eigenvalue weighted by molar-refractivity contribution is 7.16. The molecule has 0 bridgehead atoms. The lowest BCUT2D eigenvalue weighted by Gasteiger charge is -2.21. The number of hydrogen-bond donors (Lipinski definition) is 0. The molecule has 0 aliphatic rings. The zero-order chi connectivity index (χ0) is 17.7. The van der Waals surface area contributed by atoms with Crippen LogP contribution in [0.1, 0.15) is 41.6 Å². The fraction of sp³-hybridized carbons (Fsp3) is 0.389. The largest absolute Gasteiger partial charge is 0.375 e. The van der Waals surface area contributed by atoms with E-state index >= 15 is 0 Å². The summed E-state index contributed by atoms with van der Waals surface area (Å²) in [4.78, 5) is 18.8. The first-order chi connectivity index (χ1) is 11.5. The van der Waals surface area contributed by atoms with Crippen LogP contribution in [0.4, 0.5) is 5.00 Å². The highest BCUT2D eigenvalue weighted by Gasteiger charge is 2.22. The first-order valence-corrected chi connectivity index (χ1v) is 8.53. The zero-order valence-corrected chi connectivity index (χ0v) is 15.2. The Labute approximate surface area is 146 Å². The second kappa shape index (κ2) is 8.04. The smallest absolute Gasteiger partial charge is 0.253 e. The van der Waals surface area contributed by atoms with Crippen LogP contribution in [-0.4, -0.2) is 24.6 Å². The molecular formula is C18H21N3O2S. The topological polar surface area (TPSA) is 66.2 Å². The molecule has 2 rings (SSSR count). The van der Waals surface area contributed by atoms with E-state index in [0.29, 0.717) is 18.0 Å². The molecule has 126 valence electrons. The summed E-state index contributed by atoms with van der Waals surface area (Å²) in [5.74, 6) is 0.186. The summed E-state index contributed by atoms with van der Waals surface area (Å²) < 4.78 is 5.02. The predicted molar refractivity (Wildman–Crippen MR) is 95.2 cm³/mol. The second-order valence-electron chi connectivity index (χ2n) is 5.82. The Morgan fingerprint density at radius 1 is 1.46 bits per heavy atom. The van der Waals surface area contributed by atoms with Gasteiger partial charge in [-0.05, 0) is 24.6 Å². The minimum absolute atomic E-state index is 0.00624. The Kier molecular flexibility index (Phi) is 6.07. The van der Waals surface area contributed by atoms with E-state index in [-0.39, 0.29) is 12.5 Å². The van der Waals surface area contributed by atoms with Crippen molar-refractivity contribution in [1.82, 2.24) is 4.98 Å². The van der Waals surface area contributed by atoms with Crippen molar-refractivity contribution >= 4 is 22.2 Å². The van der Waals surface area contributed by atoms with E-state index in [1.807, 2.05) is 19.1 Å². The number of benzene rings is 1. The Balaban J connectivity index is 2.38. The number of aromatic nitrogens is 1. The number of anilines is 1. The van der Waals surface area contributed by atoms with Crippen molar-refractivity contribution in [2.75, 3.05) is 18.6 Å². The molecule has 0 unspecified atom stereocenters. The van der Waals surface area contributed by atoms with Crippen molar-refractivity contribution in [3.8, 4) is 6.07 Å². The van der Waals surface area contributed by atoms with Crippen LogP contribution in [0.25, 0.3) is 0 Å². The summed E-state index contributed by atoms with van der Waals surface area (Å²) in [7, 11) is 1.51. The van der Waals surface area contributed by atoms with Gasteiger partial charge in [0.15, 0.2) is 0 Å². The first kappa shape index (κ1) is 18.1. The lowest BCUT2D eigenvalue weighted by atomic mass is 10.1. The van der Waals surface area contributed by atoms with Crippen molar-refractivity contribution in [1.29, 1.82) is 5.26 Å². The van der Waals surface area contributed by atoms with E-state index in [2.05, 4.69) is 24.9 Å². The van der Waals surface area contributed by atoms with Gasteiger partial charge in [0, 0.05) is 13.0 Å². The number of rotatable bonds is 6. The minimum atomic E-state index is -0.123. The van der Waals surface area contributed by atoms with Crippen molar-refractivity contribution in [2.45, 2.75) is 33.2 Å². The van der Waals surface area contributed by atoms with Crippen molar-refractivity contribution in [3.05, 3.63) is 46.1 Å². The van der Waals surface area contributed by atoms with Crippen molar-refractivity contribution in [2.24, 2.45) is 0 Å². The molecule has 5 nitrogen and oxygen atoms in total. The normalized spacial score (nSPS) is 10.7. The van der Waals surface area contributed by atoms with Crippen molar-refractivity contribution < 1.29 is 9.53 Å². The van der Waals surface area contributed by atoms with Gasteiger partial charge in [0.2, 0.25) is 0 Å². The molecule has 0 aliphatic carbocycles. The molecule has 0 aliphatic heterocycles. The van der Waals surface area contributed by atoms with Gasteiger partial charge in [-0.3, -0.25) is 9.69 Å². The SMILES string of the molecule is COCC(=O)N(Cc1cccc(C#N)c1)c1sc(C(C)C)nc1C. The maximum atomic E-state index is 12.5. The van der Waals surface area contributed by atoms with E-state index in [0.717, 1.165) is 21.3 Å². The Bertz CT molecular complexity index is 762. The zero-order valence-electron chi connectivity index (χ0n) is 14.4. The predicted octanol–water partition coefficient (Wildman–Crippen LogP) is 3.63. The third kappa shape index (κ3) is 4.19. The highest BCUT2D eigenvalue weighted by atomic mass is 32.1. The molecule has 1 aromatic heterocycles. The summed E-state index contributed by atoms with van der Waals surface area (Å²) >= 11 is 1.53. The lowest BCUT2D eigenvalue weighted by Crippen LogP contribution is -2.33. The summed E-state index contributed by atoms with van der Waals surface area (Å²) in [5.41, 5.74) is 2.32. The van der Waals surface area contributed by atoms with Gasteiger partial charge in [0.1, 0.15) is 11.6 Å². The van der Waals surface area contributed by atoms with Crippen molar-refractivity contribution in [3.63, 3.8) is 0 Å². The number of hydrogen-bond acceptors (Lipinski definition) is 5. The van der Waals surface area contributed by atoms with Crippen LogP contribution in [0.5, 0.6) is 0 Å². The van der Waals surface area contributed by atoms with Gasteiger partial charge >= 0.3 is 0 Å². The van der Waals surface area contributed by atoms with Gasteiger partial charge in [-0.15, -0.1) is 11.3 Å². The fourth-order valence-electron chi connectivity index (χ4n) is 2.30. The van der Waals surface area contributed by atoms with Crippen LogP contribution in [-0.2, 0) is 16.1 Å². The number of carbonyl (C=O) groups is 1. The molecule has 0 saturated carbocycles. The third-order valence-corrected chi connectivity index (χ3v) is 4.97. The van der Waals surface area contributed by atoms with Gasteiger partial charge in [-0.2, -0.15) is 5.26 Å². The molecule has 6 heteroatoms. The van der Waals surface area contributed by atoms with Crippen LogP contribution in [0, 0.1) is 18.3 Å². The van der Waals surface area contributed by atoms with E-state index in [1.54, 1.807) is 17.0 Å². The molecule has 0 fully saturated rings. The van der Waals surface area contributed by atoms with E-state index in [9.17, 15) is 4.79 Å². The van der Waals surface area contributed by atoms with Crippen LogP contribution in [0.2, 0.25) is 0 Å². The van der Waals surface area contributed by atoms with Crippen LogP contribution in [0.3, 0.4) is 0 Å². The Morgan fingerprint density at radius 2 is 2.21 bits per heavy atom. The van der Waals surface area contributed by atoms with Gasteiger partial charge in [0.25, 0.3) is 5.91 Å². The molecule has 1 amide bonds. The average molecular weight is 343 g/mol.